The second-order valence-electron chi connectivity index (χ2n) is 4.92. The van der Waals surface area contributed by atoms with Crippen LogP contribution in [-0.2, 0) is 4.79 Å². The Hall–Kier alpha value is -0.370. The van der Waals surface area contributed by atoms with Crippen molar-refractivity contribution in [3.05, 3.63) is 0 Å². The summed E-state index contributed by atoms with van der Waals surface area (Å²) in [6.45, 7) is 4.53. The van der Waals surface area contributed by atoms with Gasteiger partial charge in [-0.2, -0.15) is 0 Å². The van der Waals surface area contributed by atoms with Crippen molar-refractivity contribution in [1.29, 1.82) is 0 Å². The van der Waals surface area contributed by atoms with Crippen LogP contribution in [0.1, 0.15) is 52.4 Å². The second-order valence-corrected chi connectivity index (χ2v) is 4.92. The van der Waals surface area contributed by atoms with Crippen molar-refractivity contribution in [2.75, 3.05) is 6.54 Å². The first-order valence-electron chi connectivity index (χ1n) is 5.87. The summed E-state index contributed by atoms with van der Waals surface area (Å²) < 4.78 is 0. The second kappa shape index (κ2) is 4.92. The van der Waals surface area contributed by atoms with Gasteiger partial charge in [0.05, 0.1) is 0 Å². The van der Waals surface area contributed by atoms with Crippen LogP contribution in [0.5, 0.6) is 0 Å². The highest BCUT2D eigenvalue weighted by Crippen LogP contribution is 2.36. The van der Waals surface area contributed by atoms with Gasteiger partial charge in [0.1, 0.15) is 5.78 Å². The molecule has 0 unspecified atom stereocenters. The standard InChI is InChI=1S/C12H23NO/c1-10(2)11(14)12(9-13)7-5-3-4-6-8-12/h10H,3-9,13H2,1-2H3. The normalized spacial score (nSPS) is 22.0. The average Bonchev–Trinajstić information content (AvgIpc) is 2.42. The molecule has 0 aromatic heterocycles. The molecule has 0 atom stereocenters. The number of carbonyl (C=O) groups is 1. The molecule has 82 valence electrons. The van der Waals surface area contributed by atoms with Crippen molar-refractivity contribution in [2.24, 2.45) is 17.1 Å². The molecule has 0 bridgehead atoms. The molecular formula is C12H23NO. The summed E-state index contributed by atoms with van der Waals surface area (Å²) in [4.78, 5) is 12.1. The summed E-state index contributed by atoms with van der Waals surface area (Å²) in [6.07, 6.45) is 6.92. The summed E-state index contributed by atoms with van der Waals surface area (Å²) >= 11 is 0. The maximum Gasteiger partial charge on any atom is 0.142 e. The van der Waals surface area contributed by atoms with Gasteiger partial charge in [-0.05, 0) is 12.8 Å². The van der Waals surface area contributed by atoms with Gasteiger partial charge in [-0.15, -0.1) is 0 Å². The Labute approximate surface area is 87.2 Å². The summed E-state index contributed by atoms with van der Waals surface area (Å²) in [6, 6.07) is 0. The van der Waals surface area contributed by atoms with E-state index in [1.165, 1.54) is 25.7 Å². The first-order chi connectivity index (χ1) is 6.62. The number of rotatable bonds is 3. The van der Waals surface area contributed by atoms with Crippen LogP contribution < -0.4 is 5.73 Å². The molecule has 0 spiro atoms. The molecule has 2 N–H and O–H groups in total. The van der Waals surface area contributed by atoms with Crippen LogP contribution >= 0.6 is 0 Å². The van der Waals surface area contributed by atoms with Crippen LogP contribution in [-0.4, -0.2) is 12.3 Å². The average molecular weight is 197 g/mol. The van der Waals surface area contributed by atoms with E-state index in [0.29, 0.717) is 12.3 Å². The molecule has 0 aromatic rings. The van der Waals surface area contributed by atoms with Crippen LogP contribution in [0.3, 0.4) is 0 Å². The highest BCUT2D eigenvalue weighted by Gasteiger charge is 2.37. The van der Waals surface area contributed by atoms with E-state index in [9.17, 15) is 4.79 Å². The molecular weight excluding hydrogens is 174 g/mol. The number of Topliss-reactive ketones (excluding diaryl/α,β-unsaturated/α-hetero) is 1. The zero-order valence-corrected chi connectivity index (χ0v) is 9.51. The van der Waals surface area contributed by atoms with Crippen molar-refractivity contribution in [3.63, 3.8) is 0 Å². The van der Waals surface area contributed by atoms with E-state index < -0.39 is 0 Å². The largest absolute Gasteiger partial charge is 0.329 e. The number of hydrogen-bond donors (Lipinski definition) is 1. The number of ketones is 1. The lowest BCUT2D eigenvalue weighted by molar-refractivity contribution is -0.132. The fraction of sp³-hybridized carbons (Fsp3) is 0.917. The molecule has 1 aliphatic carbocycles. The molecule has 0 saturated heterocycles. The number of carbonyl (C=O) groups excluding carboxylic acids is 1. The van der Waals surface area contributed by atoms with Crippen molar-refractivity contribution >= 4 is 5.78 Å². The molecule has 1 aliphatic rings. The molecule has 0 heterocycles. The van der Waals surface area contributed by atoms with Crippen LogP contribution in [0.2, 0.25) is 0 Å². The lowest BCUT2D eigenvalue weighted by atomic mass is 9.73. The molecule has 1 saturated carbocycles. The Balaban J connectivity index is 2.76. The number of nitrogens with two attached hydrogens (primary N) is 1. The fourth-order valence-corrected chi connectivity index (χ4v) is 2.57. The SMILES string of the molecule is CC(C)C(=O)C1(CN)CCCCCC1. The van der Waals surface area contributed by atoms with Crippen molar-refractivity contribution in [2.45, 2.75) is 52.4 Å². The Bertz CT molecular complexity index is 190. The summed E-state index contributed by atoms with van der Waals surface area (Å²) in [5.74, 6) is 0.526. The molecule has 14 heavy (non-hydrogen) atoms. The first kappa shape index (κ1) is 11.7. The lowest BCUT2D eigenvalue weighted by Gasteiger charge is -2.31. The van der Waals surface area contributed by atoms with E-state index in [1.807, 2.05) is 13.8 Å². The molecule has 0 aliphatic heterocycles. The zero-order chi connectivity index (χ0) is 10.6. The zero-order valence-electron chi connectivity index (χ0n) is 9.51. The number of hydrogen-bond acceptors (Lipinski definition) is 2. The van der Waals surface area contributed by atoms with Gasteiger partial charge in [-0.25, -0.2) is 0 Å². The van der Waals surface area contributed by atoms with Gasteiger partial charge < -0.3 is 5.73 Å². The monoisotopic (exact) mass is 197 g/mol. The maximum absolute atomic E-state index is 12.1. The highest BCUT2D eigenvalue weighted by molar-refractivity contribution is 5.86. The Morgan fingerprint density at radius 2 is 1.71 bits per heavy atom. The van der Waals surface area contributed by atoms with E-state index in [4.69, 9.17) is 5.73 Å². The first-order valence-corrected chi connectivity index (χ1v) is 5.87. The van der Waals surface area contributed by atoms with Gasteiger partial charge in [0, 0.05) is 17.9 Å². The van der Waals surface area contributed by atoms with Crippen molar-refractivity contribution in [1.82, 2.24) is 0 Å². The van der Waals surface area contributed by atoms with Gasteiger partial charge in [-0.3, -0.25) is 4.79 Å². The van der Waals surface area contributed by atoms with Gasteiger partial charge >= 0.3 is 0 Å². The Morgan fingerprint density at radius 1 is 1.21 bits per heavy atom. The third-order valence-electron chi connectivity index (χ3n) is 3.50. The summed E-state index contributed by atoms with van der Waals surface area (Å²) in [7, 11) is 0. The van der Waals surface area contributed by atoms with Crippen molar-refractivity contribution in [3.8, 4) is 0 Å². The highest BCUT2D eigenvalue weighted by atomic mass is 16.1. The topological polar surface area (TPSA) is 43.1 Å². The minimum Gasteiger partial charge on any atom is -0.329 e. The van der Waals surface area contributed by atoms with E-state index in [2.05, 4.69) is 0 Å². The lowest BCUT2D eigenvalue weighted by Crippen LogP contribution is -2.40. The molecule has 0 aromatic carbocycles. The molecule has 2 nitrogen and oxygen atoms in total. The van der Waals surface area contributed by atoms with E-state index in [-0.39, 0.29) is 11.3 Å². The van der Waals surface area contributed by atoms with E-state index in [0.717, 1.165) is 12.8 Å². The minimum atomic E-state index is -0.176. The van der Waals surface area contributed by atoms with E-state index in [1.54, 1.807) is 0 Å². The molecule has 1 fully saturated rings. The third-order valence-corrected chi connectivity index (χ3v) is 3.50. The summed E-state index contributed by atoms with van der Waals surface area (Å²) in [5.41, 5.74) is 5.65. The Morgan fingerprint density at radius 3 is 2.07 bits per heavy atom. The molecule has 0 amide bonds. The van der Waals surface area contributed by atoms with Crippen LogP contribution in [0.15, 0.2) is 0 Å². The van der Waals surface area contributed by atoms with E-state index >= 15 is 0 Å². The van der Waals surface area contributed by atoms with Gasteiger partial charge in [-0.1, -0.05) is 39.5 Å². The van der Waals surface area contributed by atoms with Crippen molar-refractivity contribution < 1.29 is 4.79 Å². The molecule has 1 rings (SSSR count). The van der Waals surface area contributed by atoms with Gasteiger partial charge in [0.2, 0.25) is 0 Å². The fourth-order valence-electron chi connectivity index (χ4n) is 2.57. The predicted molar refractivity (Wildman–Crippen MR) is 59.0 cm³/mol. The van der Waals surface area contributed by atoms with Gasteiger partial charge in [0.25, 0.3) is 0 Å². The van der Waals surface area contributed by atoms with Crippen LogP contribution in [0.4, 0.5) is 0 Å². The molecule has 2 heteroatoms. The summed E-state index contributed by atoms with van der Waals surface area (Å²) in [5, 5.41) is 0. The minimum absolute atomic E-state index is 0.136. The van der Waals surface area contributed by atoms with Crippen LogP contribution in [0.25, 0.3) is 0 Å². The predicted octanol–water partition coefficient (Wildman–Crippen LogP) is 2.51. The third kappa shape index (κ3) is 2.35. The van der Waals surface area contributed by atoms with Crippen LogP contribution in [0, 0.1) is 11.3 Å². The Kier molecular flexibility index (Phi) is 4.11. The maximum atomic E-state index is 12.1. The quantitative estimate of drug-likeness (QED) is 0.706. The molecule has 0 radical (unpaired) electrons. The van der Waals surface area contributed by atoms with Gasteiger partial charge in [0.15, 0.2) is 0 Å². The smallest absolute Gasteiger partial charge is 0.142 e.